The van der Waals surface area contributed by atoms with Crippen LogP contribution in [0.3, 0.4) is 0 Å². The molecule has 1 aromatic carbocycles. The quantitative estimate of drug-likeness (QED) is 0.341. The van der Waals surface area contributed by atoms with Crippen LogP contribution in [0.15, 0.2) is 40.2 Å². The zero-order chi connectivity index (χ0) is 24.4. The summed E-state index contributed by atoms with van der Waals surface area (Å²) in [5.41, 5.74) is 9.20. The molecule has 2 heterocycles. The van der Waals surface area contributed by atoms with Crippen LogP contribution in [0, 0.1) is 17.2 Å². The molecule has 4 N–H and O–H groups in total. The first-order valence-corrected chi connectivity index (χ1v) is 12.7. The molecule has 8 heteroatoms. The van der Waals surface area contributed by atoms with E-state index in [-0.39, 0.29) is 34.8 Å². The molecule has 1 aliphatic heterocycles. The molecule has 0 bridgehead atoms. The highest BCUT2D eigenvalue weighted by Gasteiger charge is 2.34. The molecule has 182 valence electrons. The van der Waals surface area contributed by atoms with Gasteiger partial charge in [0.2, 0.25) is 0 Å². The number of nitrogens with two attached hydrogens (primary N) is 1. The molecule has 8 nitrogen and oxygen atoms in total. The maximum absolute atomic E-state index is 12.9. The Balaban J connectivity index is 1.41. The molecule has 1 aromatic heterocycles. The van der Waals surface area contributed by atoms with E-state index in [9.17, 15) is 14.9 Å². The van der Waals surface area contributed by atoms with E-state index >= 15 is 0 Å². The lowest BCUT2D eigenvalue weighted by molar-refractivity contribution is 0.0707. The average molecular weight is 473 g/mol. The normalized spacial score (nSPS) is 23.1. The Morgan fingerprint density at radius 1 is 1.09 bits per heavy atom. The number of amidine groups is 1. The molecule has 1 amide bonds. The molecular formula is C27H32N6O2. The molecule has 0 saturated heterocycles. The number of fused-ring (bicyclic) bond motifs is 1. The van der Waals surface area contributed by atoms with E-state index in [1.54, 1.807) is 18.3 Å². The van der Waals surface area contributed by atoms with E-state index < -0.39 is 0 Å². The molecule has 2 saturated carbocycles. The number of amides is 1. The summed E-state index contributed by atoms with van der Waals surface area (Å²) < 4.78 is 0. The number of benzene rings is 1. The molecule has 2 fully saturated rings. The lowest BCUT2D eigenvalue weighted by Gasteiger charge is -2.23. The summed E-state index contributed by atoms with van der Waals surface area (Å²) >= 11 is 0. The second kappa shape index (κ2) is 9.95. The second-order valence-corrected chi connectivity index (χ2v) is 9.93. The maximum atomic E-state index is 12.9. The number of aromatic amines is 1. The van der Waals surface area contributed by atoms with Crippen LogP contribution in [-0.2, 0) is 6.54 Å². The first-order chi connectivity index (χ1) is 17.0. The van der Waals surface area contributed by atoms with E-state index in [4.69, 9.17) is 5.73 Å². The van der Waals surface area contributed by atoms with Crippen molar-refractivity contribution < 1.29 is 4.79 Å². The molecule has 2 atom stereocenters. The van der Waals surface area contributed by atoms with Crippen molar-refractivity contribution in [1.82, 2.24) is 9.88 Å². The van der Waals surface area contributed by atoms with Crippen molar-refractivity contribution in [1.29, 1.82) is 5.26 Å². The summed E-state index contributed by atoms with van der Waals surface area (Å²) in [5, 5.41) is 13.1. The van der Waals surface area contributed by atoms with Crippen molar-refractivity contribution in [2.45, 2.75) is 76.4 Å². The number of rotatable bonds is 5. The molecule has 35 heavy (non-hydrogen) atoms. The van der Waals surface area contributed by atoms with Crippen molar-refractivity contribution >= 4 is 23.1 Å². The average Bonchev–Trinajstić information content (AvgIpc) is 3.42. The van der Waals surface area contributed by atoms with E-state index in [1.165, 1.54) is 12.8 Å². The van der Waals surface area contributed by atoms with Gasteiger partial charge in [0.1, 0.15) is 11.4 Å². The van der Waals surface area contributed by atoms with Crippen LogP contribution in [-0.4, -0.2) is 33.7 Å². The van der Waals surface area contributed by atoms with Crippen molar-refractivity contribution in [3.05, 3.63) is 57.5 Å². The number of carbonyl (C=O) groups is 1. The Morgan fingerprint density at radius 2 is 1.86 bits per heavy atom. The molecule has 5 rings (SSSR count). The largest absolute Gasteiger partial charge is 0.383 e. The number of aromatic nitrogens is 1. The smallest absolute Gasteiger partial charge is 0.261 e. The summed E-state index contributed by atoms with van der Waals surface area (Å²) in [7, 11) is 0. The number of carbonyl (C=O) groups excluding carboxylic acids is 1. The van der Waals surface area contributed by atoms with Crippen molar-refractivity contribution in [2.24, 2.45) is 16.6 Å². The summed E-state index contributed by atoms with van der Waals surface area (Å²) in [6.45, 7) is 0.595. The van der Waals surface area contributed by atoms with Gasteiger partial charge < -0.3 is 20.9 Å². The molecule has 2 aliphatic carbocycles. The first kappa shape index (κ1) is 23.2. The van der Waals surface area contributed by atoms with Crippen molar-refractivity contribution in [3.63, 3.8) is 0 Å². The van der Waals surface area contributed by atoms with Gasteiger partial charge in [0.15, 0.2) is 0 Å². The SMILES string of the molecule is N#C[C@H]1CCCCC[C@@H]1Nc1cc[nH]c(=O)c1C(N)=Nc1ccc2c(c1)CN(C1CCCC1)C2=O. The van der Waals surface area contributed by atoms with Gasteiger partial charge >= 0.3 is 0 Å². The number of nitrogens with zero attached hydrogens (tertiary/aromatic N) is 3. The fraction of sp³-hybridized carbons (Fsp3) is 0.481. The number of nitrogens with one attached hydrogen (secondary N) is 2. The number of H-pyrrole nitrogens is 1. The van der Waals surface area contributed by atoms with Gasteiger partial charge in [-0.1, -0.05) is 32.1 Å². The third-order valence-corrected chi connectivity index (χ3v) is 7.68. The monoisotopic (exact) mass is 472 g/mol. The molecular weight excluding hydrogens is 440 g/mol. The van der Waals surface area contributed by atoms with Gasteiger partial charge in [0.05, 0.1) is 23.4 Å². The number of hydrogen-bond donors (Lipinski definition) is 3. The van der Waals surface area contributed by atoms with Crippen LogP contribution in [0.5, 0.6) is 0 Å². The number of aliphatic imine (C=N–C) groups is 1. The standard InChI is InChI=1S/C27H32N6O2/c28-15-17-6-2-1-3-9-22(17)32-23-12-13-30-26(34)24(23)25(29)31-19-10-11-21-18(14-19)16-33(27(21)35)20-7-4-5-8-20/h10-14,17,20,22H,1-9,16H2,(H2,29,31)(H2,30,32,34)/t17-,22+/m1/s1. The van der Waals surface area contributed by atoms with E-state index in [1.807, 2.05) is 17.0 Å². The fourth-order valence-electron chi connectivity index (χ4n) is 5.79. The number of nitriles is 1. The summed E-state index contributed by atoms with van der Waals surface area (Å²) in [5.74, 6) is 0.0881. The highest BCUT2D eigenvalue weighted by molar-refractivity contribution is 6.04. The minimum atomic E-state index is -0.331. The van der Waals surface area contributed by atoms with Crippen LogP contribution in [0.1, 0.15) is 79.3 Å². The van der Waals surface area contributed by atoms with Crippen LogP contribution in [0.2, 0.25) is 0 Å². The Morgan fingerprint density at radius 3 is 2.66 bits per heavy atom. The zero-order valence-electron chi connectivity index (χ0n) is 19.9. The fourth-order valence-corrected chi connectivity index (χ4v) is 5.79. The van der Waals surface area contributed by atoms with Crippen LogP contribution in [0.4, 0.5) is 11.4 Å². The summed E-state index contributed by atoms with van der Waals surface area (Å²) in [6, 6.07) is 9.98. The number of anilines is 1. The first-order valence-electron chi connectivity index (χ1n) is 12.7. The van der Waals surface area contributed by atoms with Gasteiger partial charge in [-0.3, -0.25) is 9.59 Å². The number of hydrogen-bond acceptors (Lipinski definition) is 5. The Hall–Kier alpha value is -3.60. The lowest BCUT2D eigenvalue weighted by Crippen LogP contribution is -2.33. The molecule has 2 aromatic rings. The van der Waals surface area contributed by atoms with Crippen molar-refractivity contribution in [2.75, 3.05) is 5.32 Å². The maximum Gasteiger partial charge on any atom is 0.261 e. The van der Waals surface area contributed by atoms with Crippen LogP contribution in [0.25, 0.3) is 0 Å². The minimum Gasteiger partial charge on any atom is -0.383 e. The third kappa shape index (κ3) is 4.68. The second-order valence-electron chi connectivity index (χ2n) is 9.93. The molecule has 3 aliphatic rings. The Bertz CT molecular complexity index is 1240. The topological polar surface area (TPSA) is 127 Å². The van der Waals surface area contributed by atoms with E-state index in [0.717, 1.165) is 56.1 Å². The Labute approximate surface area is 205 Å². The summed E-state index contributed by atoms with van der Waals surface area (Å²) in [6.07, 6.45) is 11.0. The number of pyridine rings is 1. The van der Waals surface area contributed by atoms with Gasteiger partial charge in [-0.2, -0.15) is 5.26 Å². The molecule has 0 radical (unpaired) electrons. The van der Waals surface area contributed by atoms with Crippen LogP contribution < -0.4 is 16.6 Å². The van der Waals surface area contributed by atoms with Gasteiger partial charge in [-0.25, -0.2) is 4.99 Å². The van der Waals surface area contributed by atoms with Gasteiger partial charge in [0.25, 0.3) is 11.5 Å². The Kier molecular flexibility index (Phi) is 6.58. The highest BCUT2D eigenvalue weighted by Crippen LogP contribution is 2.33. The van der Waals surface area contributed by atoms with Gasteiger partial charge in [-0.15, -0.1) is 0 Å². The van der Waals surface area contributed by atoms with Gasteiger partial charge in [0, 0.05) is 30.4 Å². The summed E-state index contributed by atoms with van der Waals surface area (Å²) in [4.78, 5) is 34.9. The predicted molar refractivity (Wildman–Crippen MR) is 136 cm³/mol. The molecule has 0 spiro atoms. The van der Waals surface area contributed by atoms with E-state index in [0.29, 0.717) is 24.0 Å². The zero-order valence-corrected chi connectivity index (χ0v) is 19.9. The lowest BCUT2D eigenvalue weighted by atomic mass is 9.96. The predicted octanol–water partition coefficient (Wildman–Crippen LogP) is 4.19. The van der Waals surface area contributed by atoms with Gasteiger partial charge in [-0.05, 0) is 55.5 Å². The van der Waals surface area contributed by atoms with E-state index in [2.05, 4.69) is 21.4 Å². The van der Waals surface area contributed by atoms with Crippen LogP contribution >= 0.6 is 0 Å². The minimum absolute atomic E-state index is 0.0385. The third-order valence-electron chi connectivity index (χ3n) is 7.68. The molecule has 0 unspecified atom stereocenters. The van der Waals surface area contributed by atoms with Crippen molar-refractivity contribution in [3.8, 4) is 6.07 Å². The highest BCUT2D eigenvalue weighted by atomic mass is 16.2.